The van der Waals surface area contributed by atoms with E-state index in [4.69, 9.17) is 5.11 Å². The Morgan fingerprint density at radius 1 is 1.72 bits per heavy atom. The van der Waals surface area contributed by atoms with Crippen LogP contribution in [0.2, 0.25) is 0 Å². The first kappa shape index (κ1) is 14.2. The average Bonchev–Trinajstić information content (AvgIpc) is 2.81. The molecule has 0 fully saturated rings. The Balaban J connectivity index is 2.81. The molecule has 1 unspecified atom stereocenters. The van der Waals surface area contributed by atoms with E-state index < -0.39 is 0 Å². The van der Waals surface area contributed by atoms with Gasteiger partial charge in [-0.1, -0.05) is 13.5 Å². The number of nitrogens with one attached hydrogen (secondary N) is 2. The van der Waals surface area contributed by atoms with Crippen molar-refractivity contribution in [3.63, 3.8) is 0 Å². The fourth-order valence-corrected chi connectivity index (χ4v) is 1.53. The molecule has 0 aliphatic rings. The van der Waals surface area contributed by atoms with E-state index >= 15 is 0 Å². The predicted molar refractivity (Wildman–Crippen MR) is 70.4 cm³/mol. The highest BCUT2D eigenvalue weighted by Gasteiger charge is 2.08. The van der Waals surface area contributed by atoms with Crippen LogP contribution < -0.4 is 5.32 Å². The molecule has 1 atom stereocenters. The number of aromatic nitrogens is 2. The number of hydrogen-bond donors (Lipinski definition) is 3. The minimum Gasteiger partial charge on any atom is -0.396 e. The van der Waals surface area contributed by atoms with Gasteiger partial charge in [-0.2, -0.15) is 5.10 Å². The SMILES string of the molecule is C=C(/C=C(/CC(C)CO)NC(C)=O)c1ccn[nH]1. The van der Waals surface area contributed by atoms with Gasteiger partial charge in [-0.3, -0.25) is 9.89 Å². The molecule has 18 heavy (non-hydrogen) atoms. The molecule has 0 bridgehead atoms. The summed E-state index contributed by atoms with van der Waals surface area (Å²) in [6.07, 6.45) is 4.02. The number of hydrogen-bond acceptors (Lipinski definition) is 3. The van der Waals surface area contributed by atoms with E-state index in [1.54, 1.807) is 18.3 Å². The maximum atomic E-state index is 11.1. The molecule has 0 aromatic carbocycles. The highest BCUT2D eigenvalue weighted by molar-refractivity contribution is 5.77. The molecular formula is C13H19N3O2. The Kier molecular flexibility index (Phi) is 5.32. The number of carbonyl (C=O) groups excluding carboxylic acids is 1. The number of aromatic amines is 1. The average molecular weight is 249 g/mol. The van der Waals surface area contributed by atoms with Crippen molar-refractivity contribution in [2.24, 2.45) is 5.92 Å². The molecule has 0 spiro atoms. The highest BCUT2D eigenvalue weighted by atomic mass is 16.3. The smallest absolute Gasteiger partial charge is 0.220 e. The molecule has 3 N–H and O–H groups in total. The second-order valence-electron chi connectivity index (χ2n) is 4.34. The first-order chi connectivity index (χ1) is 8.52. The number of amides is 1. The maximum Gasteiger partial charge on any atom is 0.220 e. The van der Waals surface area contributed by atoms with Crippen LogP contribution in [0, 0.1) is 5.92 Å². The number of aliphatic hydroxyl groups is 1. The number of carbonyl (C=O) groups is 1. The summed E-state index contributed by atoms with van der Waals surface area (Å²) in [6.45, 7) is 7.36. The maximum absolute atomic E-state index is 11.1. The van der Waals surface area contributed by atoms with Crippen molar-refractivity contribution in [1.29, 1.82) is 0 Å². The molecule has 0 aliphatic heterocycles. The first-order valence-electron chi connectivity index (χ1n) is 5.80. The topological polar surface area (TPSA) is 78.0 Å². The van der Waals surface area contributed by atoms with Crippen molar-refractivity contribution >= 4 is 11.5 Å². The van der Waals surface area contributed by atoms with E-state index in [-0.39, 0.29) is 18.4 Å². The van der Waals surface area contributed by atoms with Gasteiger partial charge in [0.25, 0.3) is 0 Å². The quantitative estimate of drug-likeness (QED) is 0.668. The van der Waals surface area contributed by atoms with Gasteiger partial charge in [0, 0.05) is 25.4 Å². The van der Waals surface area contributed by atoms with Crippen molar-refractivity contribution < 1.29 is 9.90 Å². The Morgan fingerprint density at radius 2 is 2.44 bits per heavy atom. The Bertz CT molecular complexity index is 435. The number of rotatable bonds is 6. The number of nitrogens with zero attached hydrogens (tertiary/aromatic N) is 1. The van der Waals surface area contributed by atoms with Gasteiger partial charge in [0.2, 0.25) is 5.91 Å². The molecule has 1 amide bonds. The van der Waals surface area contributed by atoms with Gasteiger partial charge in [0.05, 0.1) is 5.69 Å². The summed E-state index contributed by atoms with van der Waals surface area (Å²) in [7, 11) is 0. The number of allylic oxidation sites excluding steroid dienone is 3. The van der Waals surface area contributed by atoms with Gasteiger partial charge < -0.3 is 10.4 Å². The monoisotopic (exact) mass is 249 g/mol. The van der Waals surface area contributed by atoms with Gasteiger partial charge in [-0.15, -0.1) is 0 Å². The van der Waals surface area contributed by atoms with Crippen LogP contribution >= 0.6 is 0 Å². The lowest BCUT2D eigenvalue weighted by Crippen LogP contribution is -2.21. The van der Waals surface area contributed by atoms with Gasteiger partial charge in [0.15, 0.2) is 0 Å². The van der Waals surface area contributed by atoms with Crippen molar-refractivity contribution in [1.82, 2.24) is 15.5 Å². The van der Waals surface area contributed by atoms with Crippen molar-refractivity contribution in [3.8, 4) is 0 Å². The molecule has 98 valence electrons. The molecule has 5 nitrogen and oxygen atoms in total. The molecular weight excluding hydrogens is 230 g/mol. The van der Waals surface area contributed by atoms with E-state index in [0.29, 0.717) is 6.42 Å². The number of aliphatic hydroxyl groups excluding tert-OH is 1. The van der Waals surface area contributed by atoms with Crippen molar-refractivity contribution in [2.45, 2.75) is 20.3 Å². The zero-order valence-electron chi connectivity index (χ0n) is 10.7. The minimum absolute atomic E-state index is 0.0768. The van der Waals surface area contributed by atoms with E-state index in [0.717, 1.165) is 17.0 Å². The molecule has 0 saturated heterocycles. The van der Waals surface area contributed by atoms with Crippen molar-refractivity contribution in [2.75, 3.05) is 6.61 Å². The lowest BCUT2D eigenvalue weighted by Gasteiger charge is -2.13. The fraction of sp³-hybridized carbons (Fsp3) is 0.385. The third-order valence-electron chi connectivity index (χ3n) is 2.41. The van der Waals surface area contributed by atoms with E-state index in [2.05, 4.69) is 22.1 Å². The van der Waals surface area contributed by atoms with Crippen LogP contribution in [0.15, 0.2) is 30.6 Å². The van der Waals surface area contributed by atoms with E-state index in [9.17, 15) is 4.79 Å². The molecule has 1 aromatic rings. The molecule has 5 heteroatoms. The molecule has 0 saturated carbocycles. The Morgan fingerprint density at radius 3 is 2.94 bits per heavy atom. The predicted octanol–water partition coefficient (Wildman–Crippen LogP) is 1.46. The van der Waals surface area contributed by atoms with Crippen LogP contribution in [0.3, 0.4) is 0 Å². The summed E-state index contributed by atoms with van der Waals surface area (Å²) < 4.78 is 0. The second-order valence-corrected chi connectivity index (χ2v) is 4.34. The van der Waals surface area contributed by atoms with Gasteiger partial charge in [-0.05, 0) is 30.1 Å². The molecule has 1 aromatic heterocycles. The minimum atomic E-state index is -0.135. The van der Waals surface area contributed by atoms with Crippen LogP contribution in [0.4, 0.5) is 0 Å². The van der Waals surface area contributed by atoms with Crippen LogP contribution in [0.25, 0.3) is 5.57 Å². The summed E-state index contributed by atoms with van der Waals surface area (Å²) in [5.74, 6) is -0.0542. The third-order valence-corrected chi connectivity index (χ3v) is 2.41. The Hall–Kier alpha value is -1.88. The second kappa shape index (κ2) is 6.76. The van der Waals surface area contributed by atoms with Crippen LogP contribution in [0.1, 0.15) is 26.0 Å². The summed E-state index contributed by atoms with van der Waals surface area (Å²) in [5, 5.41) is 18.5. The van der Waals surface area contributed by atoms with Gasteiger partial charge >= 0.3 is 0 Å². The van der Waals surface area contributed by atoms with Gasteiger partial charge in [-0.25, -0.2) is 0 Å². The normalized spacial score (nSPS) is 13.2. The molecule has 0 aliphatic carbocycles. The first-order valence-corrected chi connectivity index (χ1v) is 5.80. The Labute approximate surface area is 107 Å². The van der Waals surface area contributed by atoms with Crippen LogP contribution in [0.5, 0.6) is 0 Å². The fourth-order valence-electron chi connectivity index (χ4n) is 1.53. The largest absolute Gasteiger partial charge is 0.396 e. The molecule has 0 radical (unpaired) electrons. The van der Waals surface area contributed by atoms with E-state index in [1.807, 2.05) is 6.92 Å². The summed E-state index contributed by atoms with van der Waals surface area (Å²) in [6, 6.07) is 1.81. The van der Waals surface area contributed by atoms with Gasteiger partial charge in [0.1, 0.15) is 0 Å². The molecule has 1 heterocycles. The van der Waals surface area contributed by atoms with E-state index in [1.165, 1.54) is 6.92 Å². The summed E-state index contributed by atoms with van der Waals surface area (Å²) >= 11 is 0. The van der Waals surface area contributed by atoms with Crippen LogP contribution in [-0.4, -0.2) is 27.8 Å². The summed E-state index contributed by atoms with van der Waals surface area (Å²) in [5.41, 5.74) is 2.28. The summed E-state index contributed by atoms with van der Waals surface area (Å²) in [4.78, 5) is 11.1. The van der Waals surface area contributed by atoms with Crippen LogP contribution in [-0.2, 0) is 4.79 Å². The standard InChI is InChI=1S/C13H19N3O2/c1-9(8-17)6-12(15-11(3)18)7-10(2)13-4-5-14-16-13/h4-5,7,9,17H,2,6,8H2,1,3H3,(H,14,16)(H,15,18)/b12-7-. The lowest BCUT2D eigenvalue weighted by atomic mass is 10.0. The number of H-pyrrole nitrogens is 1. The zero-order valence-corrected chi connectivity index (χ0v) is 10.7. The zero-order chi connectivity index (χ0) is 13.5. The third kappa shape index (κ3) is 4.55. The van der Waals surface area contributed by atoms with Crippen molar-refractivity contribution in [3.05, 3.63) is 36.3 Å². The molecule has 1 rings (SSSR count). The lowest BCUT2D eigenvalue weighted by molar-refractivity contribution is -0.118. The highest BCUT2D eigenvalue weighted by Crippen LogP contribution is 2.15.